The molecule has 3 rings (SSSR count). The van der Waals surface area contributed by atoms with Gasteiger partial charge < -0.3 is 14.8 Å². The molecule has 0 aliphatic carbocycles. The number of hydrogen-bond acceptors (Lipinski definition) is 4. The smallest absolute Gasteiger partial charge is 0.258 e. The topological polar surface area (TPSA) is 50.8 Å². The number of carbonyl (C=O) groups excluding carboxylic acids is 1. The average Bonchev–Trinajstić information content (AvgIpc) is 2.69. The molecule has 2 aromatic rings. The summed E-state index contributed by atoms with van der Waals surface area (Å²) >= 11 is 11.9. The Morgan fingerprint density at radius 3 is 2.52 bits per heavy atom. The van der Waals surface area contributed by atoms with Crippen molar-refractivity contribution in [1.29, 1.82) is 0 Å². The van der Waals surface area contributed by atoms with Crippen LogP contribution >= 0.6 is 23.2 Å². The number of nitrogens with one attached hydrogen (secondary N) is 1. The van der Waals surface area contributed by atoms with E-state index in [0.717, 1.165) is 38.4 Å². The van der Waals surface area contributed by atoms with Crippen LogP contribution in [-0.2, 0) is 22.6 Å². The summed E-state index contributed by atoms with van der Waals surface area (Å²) in [6.45, 7) is 4.78. The molecule has 0 atom stereocenters. The van der Waals surface area contributed by atoms with Gasteiger partial charge >= 0.3 is 0 Å². The van der Waals surface area contributed by atoms with Gasteiger partial charge in [0.05, 0.1) is 18.2 Å². The zero-order valence-electron chi connectivity index (χ0n) is 14.9. The molecule has 0 aromatic heterocycles. The van der Waals surface area contributed by atoms with Crippen LogP contribution in [0.25, 0.3) is 0 Å². The zero-order chi connectivity index (χ0) is 19.1. The van der Waals surface area contributed by atoms with Crippen LogP contribution in [0, 0.1) is 0 Å². The fraction of sp³-hybridized carbons (Fsp3) is 0.350. The van der Waals surface area contributed by atoms with Crippen LogP contribution in [0.1, 0.15) is 11.1 Å². The Balaban J connectivity index is 1.42. The molecule has 1 saturated heterocycles. The molecule has 1 aliphatic rings. The van der Waals surface area contributed by atoms with Crippen molar-refractivity contribution in [2.75, 3.05) is 32.9 Å². The Hall–Kier alpha value is -1.79. The van der Waals surface area contributed by atoms with Crippen LogP contribution in [0.15, 0.2) is 42.5 Å². The van der Waals surface area contributed by atoms with Gasteiger partial charge in [-0.05, 0) is 23.3 Å². The second kappa shape index (κ2) is 9.95. The highest BCUT2D eigenvalue weighted by Crippen LogP contribution is 2.27. The first-order valence-electron chi connectivity index (χ1n) is 8.82. The monoisotopic (exact) mass is 408 g/mol. The highest BCUT2D eigenvalue weighted by molar-refractivity contribution is 6.34. The number of morpholine rings is 1. The number of benzene rings is 2. The molecule has 0 spiro atoms. The molecule has 0 saturated carbocycles. The fourth-order valence-electron chi connectivity index (χ4n) is 2.76. The molecule has 0 unspecified atom stereocenters. The first kappa shape index (κ1) is 20.0. The molecule has 144 valence electrons. The van der Waals surface area contributed by atoms with Gasteiger partial charge in [-0.1, -0.05) is 47.5 Å². The minimum absolute atomic E-state index is 0.116. The van der Waals surface area contributed by atoms with Gasteiger partial charge in [-0.15, -0.1) is 0 Å². The number of hydrogen-bond donors (Lipinski definition) is 1. The Morgan fingerprint density at radius 2 is 1.78 bits per heavy atom. The molecular formula is C20H22Cl2N2O3. The van der Waals surface area contributed by atoms with E-state index in [1.807, 2.05) is 12.1 Å². The minimum atomic E-state index is -0.219. The number of halogens is 2. The Bertz CT molecular complexity index is 762. The second-order valence-electron chi connectivity index (χ2n) is 6.35. The lowest BCUT2D eigenvalue weighted by molar-refractivity contribution is -0.123. The molecular weight excluding hydrogens is 387 g/mol. The molecule has 1 heterocycles. The Labute approximate surface area is 169 Å². The SMILES string of the molecule is O=C(COc1cc(Cl)ccc1Cl)NCc1ccc(CN2CCOCC2)cc1. The summed E-state index contributed by atoms with van der Waals surface area (Å²) in [6, 6.07) is 13.1. The maximum Gasteiger partial charge on any atom is 0.258 e. The largest absolute Gasteiger partial charge is 0.482 e. The molecule has 1 aliphatic heterocycles. The lowest BCUT2D eigenvalue weighted by atomic mass is 10.1. The van der Waals surface area contributed by atoms with Crippen LogP contribution in [-0.4, -0.2) is 43.7 Å². The van der Waals surface area contributed by atoms with Crippen LogP contribution in [0.5, 0.6) is 5.75 Å². The van der Waals surface area contributed by atoms with Crippen molar-refractivity contribution in [2.45, 2.75) is 13.1 Å². The normalized spacial score (nSPS) is 14.7. The summed E-state index contributed by atoms with van der Waals surface area (Å²) in [5.74, 6) is 0.176. The van der Waals surface area contributed by atoms with Gasteiger partial charge in [-0.3, -0.25) is 9.69 Å². The summed E-state index contributed by atoms with van der Waals surface area (Å²) < 4.78 is 10.8. The maximum absolute atomic E-state index is 12.0. The first-order valence-corrected chi connectivity index (χ1v) is 9.58. The van der Waals surface area contributed by atoms with Gasteiger partial charge in [0.15, 0.2) is 6.61 Å². The number of ether oxygens (including phenoxy) is 2. The summed E-state index contributed by atoms with van der Waals surface area (Å²) in [5.41, 5.74) is 2.29. The molecule has 0 bridgehead atoms. The van der Waals surface area contributed by atoms with E-state index in [9.17, 15) is 4.79 Å². The van der Waals surface area contributed by atoms with E-state index in [2.05, 4.69) is 22.3 Å². The molecule has 1 N–H and O–H groups in total. The molecule has 1 fully saturated rings. The van der Waals surface area contributed by atoms with Crippen LogP contribution in [0.3, 0.4) is 0 Å². The second-order valence-corrected chi connectivity index (χ2v) is 7.19. The molecule has 5 nitrogen and oxygen atoms in total. The zero-order valence-corrected chi connectivity index (χ0v) is 16.4. The lowest BCUT2D eigenvalue weighted by Gasteiger charge is -2.26. The average molecular weight is 409 g/mol. The summed E-state index contributed by atoms with van der Waals surface area (Å²) in [5, 5.41) is 3.76. The number of nitrogens with zero attached hydrogens (tertiary/aromatic N) is 1. The van der Waals surface area contributed by atoms with Gasteiger partial charge in [-0.2, -0.15) is 0 Å². The van der Waals surface area contributed by atoms with E-state index in [-0.39, 0.29) is 12.5 Å². The third-order valence-corrected chi connectivity index (χ3v) is 4.82. The molecule has 2 aromatic carbocycles. The Morgan fingerprint density at radius 1 is 1.07 bits per heavy atom. The summed E-state index contributed by atoms with van der Waals surface area (Å²) in [6.07, 6.45) is 0. The van der Waals surface area contributed by atoms with E-state index < -0.39 is 0 Å². The lowest BCUT2D eigenvalue weighted by Crippen LogP contribution is -2.35. The highest BCUT2D eigenvalue weighted by atomic mass is 35.5. The molecule has 7 heteroatoms. The predicted molar refractivity (Wildman–Crippen MR) is 106 cm³/mol. The molecule has 1 amide bonds. The van der Waals surface area contributed by atoms with E-state index >= 15 is 0 Å². The Kier molecular flexibility index (Phi) is 7.35. The van der Waals surface area contributed by atoms with E-state index in [0.29, 0.717) is 22.3 Å². The quantitative estimate of drug-likeness (QED) is 0.761. The van der Waals surface area contributed by atoms with E-state index in [4.69, 9.17) is 32.7 Å². The molecule has 27 heavy (non-hydrogen) atoms. The van der Waals surface area contributed by atoms with Crippen LogP contribution in [0.2, 0.25) is 10.0 Å². The first-order chi connectivity index (χ1) is 13.1. The van der Waals surface area contributed by atoms with Gasteiger partial charge in [0.25, 0.3) is 5.91 Å². The number of carbonyl (C=O) groups is 1. The van der Waals surface area contributed by atoms with E-state index in [1.165, 1.54) is 5.56 Å². The predicted octanol–water partition coefficient (Wildman–Crippen LogP) is 3.52. The van der Waals surface area contributed by atoms with Crippen LogP contribution < -0.4 is 10.1 Å². The van der Waals surface area contributed by atoms with Crippen molar-refractivity contribution >= 4 is 29.1 Å². The van der Waals surface area contributed by atoms with Gasteiger partial charge in [-0.25, -0.2) is 0 Å². The van der Waals surface area contributed by atoms with Crippen LogP contribution in [0.4, 0.5) is 0 Å². The summed E-state index contributed by atoms with van der Waals surface area (Å²) in [4.78, 5) is 14.4. The van der Waals surface area contributed by atoms with Crippen molar-refractivity contribution in [2.24, 2.45) is 0 Å². The highest BCUT2D eigenvalue weighted by Gasteiger charge is 2.11. The van der Waals surface area contributed by atoms with Crippen molar-refractivity contribution in [3.63, 3.8) is 0 Å². The van der Waals surface area contributed by atoms with Crippen molar-refractivity contribution in [1.82, 2.24) is 10.2 Å². The van der Waals surface area contributed by atoms with E-state index in [1.54, 1.807) is 18.2 Å². The standard InChI is InChI=1S/C20H22Cl2N2O3/c21-17-5-6-18(22)19(11-17)27-14-20(25)23-12-15-1-3-16(4-2-15)13-24-7-9-26-10-8-24/h1-6,11H,7-10,12-14H2,(H,23,25). The molecule has 0 radical (unpaired) electrons. The van der Waals surface area contributed by atoms with Crippen molar-refractivity contribution < 1.29 is 14.3 Å². The van der Waals surface area contributed by atoms with Crippen molar-refractivity contribution in [3.05, 3.63) is 63.6 Å². The minimum Gasteiger partial charge on any atom is -0.482 e. The number of amides is 1. The van der Waals surface area contributed by atoms with Gasteiger partial charge in [0.1, 0.15) is 5.75 Å². The van der Waals surface area contributed by atoms with Gasteiger partial charge in [0.2, 0.25) is 0 Å². The third-order valence-electron chi connectivity index (χ3n) is 4.27. The summed E-state index contributed by atoms with van der Waals surface area (Å²) in [7, 11) is 0. The van der Waals surface area contributed by atoms with Crippen molar-refractivity contribution in [3.8, 4) is 5.75 Å². The maximum atomic E-state index is 12.0. The van der Waals surface area contributed by atoms with Gasteiger partial charge in [0, 0.05) is 37.3 Å². The third kappa shape index (κ3) is 6.40. The fourth-order valence-corrected chi connectivity index (χ4v) is 3.10. The number of rotatable bonds is 7.